The largest absolute Gasteiger partial charge is 0.296 e. The SMILES string of the molecule is O=Cc1cnc2ccncc2n1. The lowest BCUT2D eigenvalue weighted by molar-refractivity contribution is 0.111. The summed E-state index contributed by atoms with van der Waals surface area (Å²) in [5.41, 5.74) is 1.72. The molecule has 4 nitrogen and oxygen atoms in total. The maximum Gasteiger partial charge on any atom is 0.170 e. The summed E-state index contributed by atoms with van der Waals surface area (Å²) in [5, 5.41) is 0. The zero-order valence-electron chi connectivity index (χ0n) is 6.14. The molecule has 0 radical (unpaired) electrons. The third-order valence-corrected chi connectivity index (χ3v) is 1.48. The van der Waals surface area contributed by atoms with Gasteiger partial charge in [0.05, 0.1) is 17.9 Å². The molecule has 2 heterocycles. The van der Waals surface area contributed by atoms with E-state index in [2.05, 4.69) is 15.0 Å². The molecular formula is C8H5N3O. The van der Waals surface area contributed by atoms with Gasteiger partial charge in [-0.2, -0.15) is 0 Å². The molecule has 0 unspecified atom stereocenters. The lowest BCUT2D eigenvalue weighted by atomic mass is 10.4. The number of pyridine rings is 1. The van der Waals surface area contributed by atoms with E-state index in [1.807, 2.05) is 0 Å². The first-order chi connectivity index (χ1) is 5.90. The number of carbonyl (C=O) groups excluding carboxylic acids is 1. The smallest absolute Gasteiger partial charge is 0.170 e. The minimum Gasteiger partial charge on any atom is -0.296 e. The van der Waals surface area contributed by atoms with E-state index in [1.54, 1.807) is 18.5 Å². The predicted octanol–water partition coefficient (Wildman–Crippen LogP) is 0.837. The van der Waals surface area contributed by atoms with Crippen LogP contribution in [0.4, 0.5) is 0 Å². The van der Waals surface area contributed by atoms with Crippen LogP contribution in [0.1, 0.15) is 10.5 Å². The minimum atomic E-state index is 0.329. The van der Waals surface area contributed by atoms with E-state index in [-0.39, 0.29) is 0 Å². The Hall–Kier alpha value is -1.84. The van der Waals surface area contributed by atoms with Crippen LogP contribution in [-0.4, -0.2) is 21.2 Å². The summed E-state index contributed by atoms with van der Waals surface area (Å²) in [6.45, 7) is 0. The molecule has 0 atom stereocenters. The van der Waals surface area contributed by atoms with Crippen molar-refractivity contribution in [2.24, 2.45) is 0 Å². The van der Waals surface area contributed by atoms with Crippen molar-refractivity contribution in [2.45, 2.75) is 0 Å². The topological polar surface area (TPSA) is 55.7 Å². The fourth-order valence-corrected chi connectivity index (χ4v) is 0.935. The lowest BCUT2D eigenvalue weighted by Crippen LogP contribution is -1.90. The van der Waals surface area contributed by atoms with E-state index in [1.165, 1.54) is 6.20 Å². The highest BCUT2D eigenvalue weighted by Gasteiger charge is 1.96. The third kappa shape index (κ3) is 1.03. The molecule has 0 bridgehead atoms. The molecule has 58 valence electrons. The first kappa shape index (κ1) is 6.84. The van der Waals surface area contributed by atoms with Crippen LogP contribution in [0, 0.1) is 0 Å². The van der Waals surface area contributed by atoms with Gasteiger partial charge in [0.1, 0.15) is 11.2 Å². The van der Waals surface area contributed by atoms with E-state index in [4.69, 9.17) is 0 Å². The van der Waals surface area contributed by atoms with Gasteiger partial charge in [0.25, 0.3) is 0 Å². The molecule has 2 aromatic rings. The number of aromatic nitrogens is 3. The average molecular weight is 159 g/mol. The maximum atomic E-state index is 10.3. The molecule has 0 saturated carbocycles. The van der Waals surface area contributed by atoms with Gasteiger partial charge in [-0.05, 0) is 6.07 Å². The van der Waals surface area contributed by atoms with Gasteiger partial charge in [-0.1, -0.05) is 0 Å². The second kappa shape index (κ2) is 2.65. The zero-order valence-corrected chi connectivity index (χ0v) is 6.14. The van der Waals surface area contributed by atoms with Crippen LogP contribution in [-0.2, 0) is 0 Å². The molecule has 2 aromatic heterocycles. The van der Waals surface area contributed by atoms with Crippen molar-refractivity contribution >= 4 is 17.3 Å². The Morgan fingerprint density at radius 3 is 3.00 bits per heavy atom. The van der Waals surface area contributed by atoms with Gasteiger partial charge in [0, 0.05) is 6.20 Å². The van der Waals surface area contributed by atoms with Gasteiger partial charge in [-0.3, -0.25) is 14.8 Å². The van der Waals surface area contributed by atoms with Gasteiger partial charge in [0.2, 0.25) is 0 Å². The molecule has 4 heteroatoms. The van der Waals surface area contributed by atoms with Crippen LogP contribution in [0.15, 0.2) is 24.7 Å². The second-order valence-corrected chi connectivity index (χ2v) is 2.28. The van der Waals surface area contributed by atoms with Crippen LogP contribution < -0.4 is 0 Å². The standard InChI is InChI=1S/C8H5N3O/c12-5-6-3-10-7-1-2-9-4-8(7)11-6/h1-5H. The second-order valence-electron chi connectivity index (χ2n) is 2.28. The van der Waals surface area contributed by atoms with Crippen LogP contribution in [0.25, 0.3) is 11.0 Å². The molecule has 0 aliphatic carbocycles. The van der Waals surface area contributed by atoms with E-state index >= 15 is 0 Å². The molecule has 0 N–H and O–H groups in total. The highest BCUT2D eigenvalue weighted by Crippen LogP contribution is 2.04. The molecule has 0 aliphatic heterocycles. The zero-order chi connectivity index (χ0) is 8.39. The summed E-state index contributed by atoms with van der Waals surface area (Å²) in [6.07, 6.45) is 5.32. The summed E-state index contributed by atoms with van der Waals surface area (Å²) in [7, 11) is 0. The minimum absolute atomic E-state index is 0.329. The number of hydrogen-bond acceptors (Lipinski definition) is 4. The van der Waals surface area contributed by atoms with Crippen molar-refractivity contribution < 1.29 is 4.79 Å². The van der Waals surface area contributed by atoms with E-state index in [0.29, 0.717) is 17.5 Å². The summed E-state index contributed by atoms with van der Waals surface area (Å²) < 4.78 is 0. The number of nitrogens with zero attached hydrogens (tertiary/aromatic N) is 3. The molecule has 0 fully saturated rings. The number of hydrogen-bond donors (Lipinski definition) is 0. The van der Waals surface area contributed by atoms with Crippen molar-refractivity contribution in [1.29, 1.82) is 0 Å². The van der Waals surface area contributed by atoms with Crippen molar-refractivity contribution in [1.82, 2.24) is 15.0 Å². The van der Waals surface area contributed by atoms with Crippen LogP contribution >= 0.6 is 0 Å². The van der Waals surface area contributed by atoms with Crippen LogP contribution in [0.5, 0.6) is 0 Å². The predicted molar refractivity (Wildman–Crippen MR) is 42.7 cm³/mol. The molecular weight excluding hydrogens is 154 g/mol. The molecule has 0 spiro atoms. The Morgan fingerprint density at radius 1 is 1.25 bits per heavy atom. The summed E-state index contributed by atoms with van der Waals surface area (Å²) >= 11 is 0. The number of carbonyl (C=O) groups is 1. The highest BCUT2D eigenvalue weighted by molar-refractivity contribution is 5.78. The number of fused-ring (bicyclic) bond motifs is 1. The van der Waals surface area contributed by atoms with E-state index in [0.717, 1.165) is 5.52 Å². The van der Waals surface area contributed by atoms with E-state index in [9.17, 15) is 4.79 Å². The highest BCUT2D eigenvalue weighted by atomic mass is 16.1. The molecule has 0 amide bonds. The quantitative estimate of drug-likeness (QED) is 0.578. The van der Waals surface area contributed by atoms with Gasteiger partial charge in [0.15, 0.2) is 6.29 Å². The Balaban J connectivity index is 2.75. The first-order valence-electron chi connectivity index (χ1n) is 3.42. The number of rotatable bonds is 1. The lowest BCUT2D eigenvalue weighted by Gasteiger charge is -1.93. The van der Waals surface area contributed by atoms with E-state index < -0.39 is 0 Å². The third-order valence-electron chi connectivity index (χ3n) is 1.48. The Bertz CT molecular complexity index is 427. The molecule has 0 saturated heterocycles. The normalized spacial score (nSPS) is 10.0. The fourth-order valence-electron chi connectivity index (χ4n) is 0.935. The van der Waals surface area contributed by atoms with Crippen LogP contribution in [0.2, 0.25) is 0 Å². The summed E-state index contributed by atoms with van der Waals surface area (Å²) in [5.74, 6) is 0. The fraction of sp³-hybridized carbons (Fsp3) is 0. The van der Waals surface area contributed by atoms with Crippen molar-refractivity contribution in [3.8, 4) is 0 Å². The molecule has 0 aromatic carbocycles. The Kier molecular flexibility index (Phi) is 1.51. The van der Waals surface area contributed by atoms with Crippen molar-refractivity contribution in [3.63, 3.8) is 0 Å². The van der Waals surface area contributed by atoms with Gasteiger partial charge in [-0.15, -0.1) is 0 Å². The molecule has 12 heavy (non-hydrogen) atoms. The molecule has 0 aliphatic rings. The van der Waals surface area contributed by atoms with Crippen LogP contribution in [0.3, 0.4) is 0 Å². The maximum absolute atomic E-state index is 10.3. The van der Waals surface area contributed by atoms with Gasteiger partial charge < -0.3 is 0 Å². The number of aldehydes is 1. The van der Waals surface area contributed by atoms with Crippen molar-refractivity contribution in [2.75, 3.05) is 0 Å². The summed E-state index contributed by atoms with van der Waals surface area (Å²) in [4.78, 5) is 22.2. The van der Waals surface area contributed by atoms with Crippen molar-refractivity contribution in [3.05, 3.63) is 30.4 Å². The van der Waals surface area contributed by atoms with Gasteiger partial charge >= 0.3 is 0 Å². The summed E-state index contributed by atoms with van der Waals surface area (Å²) in [6, 6.07) is 1.75. The Labute approximate surface area is 68.3 Å². The van der Waals surface area contributed by atoms with Gasteiger partial charge in [-0.25, -0.2) is 4.98 Å². The molecule has 2 rings (SSSR count). The Morgan fingerprint density at radius 2 is 2.17 bits per heavy atom. The monoisotopic (exact) mass is 159 g/mol. The first-order valence-corrected chi connectivity index (χ1v) is 3.42. The average Bonchev–Trinajstić information content (AvgIpc) is 2.17.